The summed E-state index contributed by atoms with van der Waals surface area (Å²) in [6, 6.07) is 8.94. The van der Waals surface area contributed by atoms with Gasteiger partial charge in [-0.15, -0.1) is 0 Å². The maximum Gasteiger partial charge on any atom is 0.272 e. The van der Waals surface area contributed by atoms with Crippen molar-refractivity contribution in [2.24, 2.45) is 12.8 Å². The maximum atomic E-state index is 13.5. The largest absolute Gasteiger partial charge is 0.378 e. The fourth-order valence-corrected chi connectivity index (χ4v) is 7.62. The molecule has 0 atom stereocenters. The van der Waals surface area contributed by atoms with Crippen LogP contribution in [0.15, 0.2) is 24.3 Å². The van der Waals surface area contributed by atoms with Gasteiger partial charge in [-0.25, -0.2) is 8.42 Å². The van der Waals surface area contributed by atoms with Crippen molar-refractivity contribution in [3.63, 3.8) is 0 Å². The van der Waals surface area contributed by atoms with E-state index in [2.05, 4.69) is 16.5 Å². The Kier molecular flexibility index (Phi) is 5.89. The molecule has 3 N–H and O–H groups in total. The molecule has 5 rings (SSSR count). The highest BCUT2D eigenvalue weighted by molar-refractivity contribution is 7.94. The topological polar surface area (TPSA) is 160 Å². The third kappa shape index (κ3) is 3.70. The van der Waals surface area contributed by atoms with Crippen molar-refractivity contribution in [3.8, 4) is 6.07 Å². The van der Waals surface area contributed by atoms with E-state index in [1.807, 2.05) is 0 Å². The lowest BCUT2D eigenvalue weighted by molar-refractivity contribution is -0.0100. The molecular formula is C24H28N6O5S. The van der Waals surface area contributed by atoms with Gasteiger partial charge in [-0.05, 0) is 37.0 Å². The summed E-state index contributed by atoms with van der Waals surface area (Å²) >= 11 is 0. The molecule has 1 aromatic carbocycles. The molecule has 190 valence electrons. The van der Waals surface area contributed by atoms with Gasteiger partial charge in [0.25, 0.3) is 11.8 Å². The van der Waals surface area contributed by atoms with Crippen molar-refractivity contribution < 1.29 is 22.7 Å². The van der Waals surface area contributed by atoms with Crippen LogP contribution in [0.1, 0.15) is 50.5 Å². The average Bonchev–Trinajstić information content (AvgIpc) is 3.55. The molecule has 1 saturated carbocycles. The number of aromatic nitrogens is 2. The van der Waals surface area contributed by atoms with Crippen LogP contribution < -0.4 is 11.1 Å². The second-order valence-corrected chi connectivity index (χ2v) is 12.6. The Labute approximate surface area is 209 Å². The van der Waals surface area contributed by atoms with Crippen molar-refractivity contribution in [2.75, 3.05) is 32.8 Å². The molecule has 1 aliphatic carbocycles. The fourth-order valence-electron chi connectivity index (χ4n) is 5.04. The zero-order chi connectivity index (χ0) is 25.7. The van der Waals surface area contributed by atoms with Crippen LogP contribution in [-0.4, -0.2) is 77.3 Å². The van der Waals surface area contributed by atoms with Gasteiger partial charge in [-0.2, -0.15) is 10.4 Å². The van der Waals surface area contributed by atoms with Crippen LogP contribution in [0, 0.1) is 11.3 Å². The van der Waals surface area contributed by atoms with E-state index in [-0.39, 0.29) is 44.4 Å². The Balaban J connectivity index is 1.31. The summed E-state index contributed by atoms with van der Waals surface area (Å²) in [5.74, 6) is -0.723. The zero-order valence-electron chi connectivity index (χ0n) is 20.0. The minimum atomic E-state index is -3.61. The number of hydrogen-bond donors (Lipinski definition) is 2. The van der Waals surface area contributed by atoms with E-state index in [0.717, 1.165) is 5.56 Å². The number of carbonyl (C=O) groups excluding carboxylic acids is 2. The Morgan fingerprint density at radius 1 is 1.25 bits per heavy atom. The van der Waals surface area contributed by atoms with E-state index < -0.39 is 25.2 Å². The lowest BCUT2D eigenvalue weighted by atomic mass is 10.0. The standard InChI is InChI=1S/C24H28N6O5S/c1-29-20-18(19(28-29)21(31)27-11-17-4-2-16(10-25)3-5-17)6-9-30(22(20)32)13-23(7-8-23)36(33,34)24(12-26)14-35-15-24/h2-5H,6-9,11-15,26H2,1H3,(H,27,31). The summed E-state index contributed by atoms with van der Waals surface area (Å²) in [5, 5.41) is 16.1. The number of sulfone groups is 1. The summed E-state index contributed by atoms with van der Waals surface area (Å²) in [6.07, 6.45) is 1.38. The number of carbonyl (C=O) groups is 2. The Morgan fingerprint density at radius 3 is 2.50 bits per heavy atom. The van der Waals surface area contributed by atoms with Gasteiger partial charge in [0.1, 0.15) is 10.4 Å². The first-order valence-corrected chi connectivity index (χ1v) is 13.3. The predicted molar refractivity (Wildman–Crippen MR) is 129 cm³/mol. The summed E-state index contributed by atoms with van der Waals surface area (Å²) in [5.41, 5.74) is 8.25. The van der Waals surface area contributed by atoms with E-state index in [9.17, 15) is 18.0 Å². The SMILES string of the molecule is Cn1nc(C(=O)NCc2ccc(C#N)cc2)c2c1C(=O)N(CC1(S(=O)(=O)C3(CN)COC3)CC1)CC2. The highest BCUT2D eigenvalue weighted by atomic mass is 32.2. The van der Waals surface area contributed by atoms with Crippen molar-refractivity contribution >= 4 is 21.7 Å². The van der Waals surface area contributed by atoms with Gasteiger partial charge >= 0.3 is 0 Å². The van der Waals surface area contributed by atoms with E-state index >= 15 is 0 Å². The van der Waals surface area contributed by atoms with Crippen LogP contribution in [-0.2, 0) is 34.6 Å². The molecule has 0 spiro atoms. The first-order chi connectivity index (χ1) is 17.2. The van der Waals surface area contributed by atoms with Crippen molar-refractivity contribution in [1.82, 2.24) is 20.0 Å². The molecule has 3 aliphatic rings. The van der Waals surface area contributed by atoms with E-state index in [1.54, 1.807) is 36.2 Å². The van der Waals surface area contributed by atoms with Crippen LogP contribution in [0.25, 0.3) is 0 Å². The second-order valence-electron chi connectivity index (χ2n) is 9.83. The number of fused-ring (bicyclic) bond motifs is 1. The minimum Gasteiger partial charge on any atom is -0.378 e. The Bertz CT molecular complexity index is 1360. The number of amides is 2. The number of nitrogens with zero attached hydrogens (tertiary/aromatic N) is 4. The molecule has 3 heterocycles. The third-order valence-electron chi connectivity index (χ3n) is 7.55. The van der Waals surface area contributed by atoms with Crippen LogP contribution in [0.4, 0.5) is 0 Å². The number of hydrogen-bond acceptors (Lipinski definition) is 8. The first kappa shape index (κ1) is 24.4. The molecule has 1 saturated heterocycles. The zero-order valence-corrected chi connectivity index (χ0v) is 20.8. The summed E-state index contributed by atoms with van der Waals surface area (Å²) in [7, 11) is -2.00. The van der Waals surface area contributed by atoms with Crippen molar-refractivity contribution in [3.05, 3.63) is 52.3 Å². The lowest BCUT2D eigenvalue weighted by Crippen LogP contribution is -2.65. The molecule has 2 aromatic rings. The number of benzene rings is 1. The molecule has 11 nitrogen and oxygen atoms in total. The number of rotatable bonds is 8. The van der Waals surface area contributed by atoms with Gasteiger partial charge in [0.2, 0.25) is 0 Å². The summed E-state index contributed by atoms with van der Waals surface area (Å²) in [6.45, 7) is 0.834. The Morgan fingerprint density at radius 2 is 1.94 bits per heavy atom. The number of ether oxygens (including phenoxy) is 1. The number of nitrogens with two attached hydrogens (primary N) is 1. The van der Waals surface area contributed by atoms with Crippen molar-refractivity contribution in [2.45, 2.75) is 35.3 Å². The molecule has 12 heteroatoms. The molecule has 2 aliphatic heterocycles. The molecule has 0 radical (unpaired) electrons. The molecule has 1 aromatic heterocycles. The van der Waals surface area contributed by atoms with Gasteiger partial charge < -0.3 is 20.7 Å². The van der Waals surface area contributed by atoms with Crippen LogP contribution >= 0.6 is 0 Å². The average molecular weight is 513 g/mol. The number of aryl methyl sites for hydroxylation is 1. The highest BCUT2D eigenvalue weighted by Crippen LogP contribution is 2.50. The van der Waals surface area contributed by atoms with E-state index in [1.165, 1.54) is 4.68 Å². The number of nitriles is 1. The maximum absolute atomic E-state index is 13.5. The normalized spacial score (nSPS) is 19.7. The first-order valence-electron chi connectivity index (χ1n) is 11.8. The smallest absolute Gasteiger partial charge is 0.272 e. The van der Waals surface area contributed by atoms with Gasteiger partial charge in [0.05, 0.1) is 29.6 Å². The molecule has 2 amide bonds. The minimum absolute atomic E-state index is 0.00214. The highest BCUT2D eigenvalue weighted by Gasteiger charge is 2.65. The monoisotopic (exact) mass is 512 g/mol. The molecule has 0 unspecified atom stereocenters. The number of nitrogens with one attached hydrogen (secondary N) is 1. The van der Waals surface area contributed by atoms with Gasteiger partial charge in [-0.3, -0.25) is 14.3 Å². The predicted octanol–water partition coefficient (Wildman–Crippen LogP) is -0.105. The molecule has 2 fully saturated rings. The molecular weight excluding hydrogens is 484 g/mol. The Hall–Kier alpha value is -3.27. The van der Waals surface area contributed by atoms with Crippen molar-refractivity contribution in [1.29, 1.82) is 5.26 Å². The lowest BCUT2D eigenvalue weighted by Gasteiger charge is -2.43. The third-order valence-corrected chi connectivity index (χ3v) is 10.8. The fraction of sp³-hybridized carbons (Fsp3) is 0.500. The van der Waals surface area contributed by atoms with E-state index in [0.29, 0.717) is 42.6 Å². The quantitative estimate of drug-likeness (QED) is 0.496. The molecule has 0 bridgehead atoms. The molecule has 36 heavy (non-hydrogen) atoms. The van der Waals surface area contributed by atoms with Gasteiger partial charge in [0, 0.05) is 38.8 Å². The van der Waals surface area contributed by atoms with E-state index in [4.69, 9.17) is 15.7 Å². The van der Waals surface area contributed by atoms with Crippen LogP contribution in [0.3, 0.4) is 0 Å². The summed E-state index contributed by atoms with van der Waals surface area (Å²) in [4.78, 5) is 27.9. The van der Waals surface area contributed by atoms with Gasteiger partial charge in [0.15, 0.2) is 15.5 Å². The second kappa shape index (κ2) is 8.69. The summed E-state index contributed by atoms with van der Waals surface area (Å²) < 4.78 is 31.5. The van der Waals surface area contributed by atoms with Gasteiger partial charge in [-0.1, -0.05) is 12.1 Å². The van der Waals surface area contributed by atoms with Crippen LogP contribution in [0.5, 0.6) is 0 Å². The van der Waals surface area contributed by atoms with Crippen LogP contribution in [0.2, 0.25) is 0 Å².